The first-order chi connectivity index (χ1) is 13.8. The van der Waals surface area contributed by atoms with Crippen molar-refractivity contribution >= 4 is 35.3 Å². The average Bonchev–Trinajstić information content (AvgIpc) is 2.61. The number of nitrogens with one attached hydrogen (secondary N) is 1. The lowest BCUT2D eigenvalue weighted by Crippen LogP contribution is -2.20. The van der Waals surface area contributed by atoms with E-state index in [1.807, 2.05) is 12.1 Å². The summed E-state index contributed by atoms with van der Waals surface area (Å²) in [6.07, 6.45) is 2.25. The molecule has 0 aromatic heterocycles. The van der Waals surface area contributed by atoms with Gasteiger partial charge in [0.25, 0.3) is 0 Å². The number of carbonyl (C=O) groups is 1. The van der Waals surface area contributed by atoms with Gasteiger partial charge < -0.3 is 5.11 Å². The van der Waals surface area contributed by atoms with E-state index in [2.05, 4.69) is 52.1 Å². The van der Waals surface area contributed by atoms with Gasteiger partial charge in [0.2, 0.25) is 5.91 Å². The molecular weight excluding hydrogens is 419 g/mol. The number of rotatable bonds is 5. The van der Waals surface area contributed by atoms with E-state index in [0.717, 1.165) is 16.7 Å². The van der Waals surface area contributed by atoms with E-state index < -0.39 is 0 Å². The van der Waals surface area contributed by atoms with Crippen LogP contribution in [0, 0.1) is 0 Å². The lowest BCUT2D eigenvalue weighted by molar-refractivity contribution is -0.121. The number of nitrogens with zero attached hydrogens (tertiary/aromatic N) is 1. The first-order valence-corrected chi connectivity index (χ1v) is 10.7. The molecule has 2 aromatic rings. The van der Waals surface area contributed by atoms with Crippen LogP contribution in [-0.2, 0) is 22.0 Å². The van der Waals surface area contributed by atoms with Gasteiger partial charge in [0.05, 0.1) is 16.3 Å². The van der Waals surface area contributed by atoms with Crippen LogP contribution in [-0.4, -0.2) is 17.2 Å². The Bertz CT molecular complexity index is 899. The van der Waals surface area contributed by atoms with E-state index in [1.54, 1.807) is 18.2 Å². The minimum atomic E-state index is -0.211. The monoisotopic (exact) mass is 448 g/mol. The molecule has 2 rings (SSSR count). The summed E-state index contributed by atoms with van der Waals surface area (Å²) in [5.41, 5.74) is 5.45. The van der Waals surface area contributed by atoms with E-state index in [9.17, 15) is 9.90 Å². The molecule has 0 aliphatic rings. The SMILES string of the molecule is CC(C)(C)c1cc(CCC(=O)NN=Cc2c(Cl)cccc2Cl)cc(C(C)(C)C)c1O. The Labute approximate surface area is 189 Å². The largest absolute Gasteiger partial charge is 0.507 e. The molecule has 0 aliphatic heterocycles. The summed E-state index contributed by atoms with van der Waals surface area (Å²) in [5, 5.41) is 15.7. The zero-order chi connectivity index (χ0) is 22.7. The maximum Gasteiger partial charge on any atom is 0.240 e. The summed E-state index contributed by atoms with van der Waals surface area (Å²) in [5.74, 6) is 0.126. The summed E-state index contributed by atoms with van der Waals surface area (Å²) < 4.78 is 0. The van der Waals surface area contributed by atoms with E-state index in [1.165, 1.54) is 6.21 Å². The van der Waals surface area contributed by atoms with Crippen molar-refractivity contribution in [2.45, 2.75) is 65.2 Å². The molecule has 0 saturated carbocycles. The van der Waals surface area contributed by atoms with Crippen LogP contribution in [0.1, 0.15) is 70.2 Å². The molecule has 30 heavy (non-hydrogen) atoms. The second-order valence-corrected chi connectivity index (χ2v) is 10.3. The molecular formula is C24H30Cl2N2O2. The molecule has 162 valence electrons. The van der Waals surface area contributed by atoms with Crippen molar-refractivity contribution in [3.8, 4) is 5.75 Å². The molecule has 0 unspecified atom stereocenters. The Balaban J connectivity index is 2.13. The topological polar surface area (TPSA) is 61.7 Å². The average molecular weight is 449 g/mol. The molecule has 2 aromatic carbocycles. The molecule has 0 saturated heterocycles. The fourth-order valence-electron chi connectivity index (χ4n) is 3.10. The number of amides is 1. The lowest BCUT2D eigenvalue weighted by Gasteiger charge is -2.28. The van der Waals surface area contributed by atoms with Gasteiger partial charge in [0, 0.05) is 12.0 Å². The van der Waals surface area contributed by atoms with Crippen LogP contribution in [0.4, 0.5) is 0 Å². The number of hydrogen-bond acceptors (Lipinski definition) is 3. The van der Waals surface area contributed by atoms with Crippen molar-refractivity contribution < 1.29 is 9.90 Å². The zero-order valence-corrected chi connectivity index (χ0v) is 19.9. The van der Waals surface area contributed by atoms with Crippen molar-refractivity contribution in [1.29, 1.82) is 0 Å². The number of carbonyl (C=O) groups excluding carboxylic acids is 1. The molecule has 0 aliphatic carbocycles. The summed E-state index contributed by atoms with van der Waals surface area (Å²) in [7, 11) is 0. The minimum Gasteiger partial charge on any atom is -0.507 e. The van der Waals surface area contributed by atoms with Gasteiger partial charge in [-0.2, -0.15) is 5.10 Å². The molecule has 1 amide bonds. The maximum atomic E-state index is 12.3. The molecule has 2 N–H and O–H groups in total. The summed E-state index contributed by atoms with van der Waals surface area (Å²) >= 11 is 12.2. The van der Waals surface area contributed by atoms with Crippen LogP contribution in [0.15, 0.2) is 35.4 Å². The Kier molecular flexibility index (Phi) is 7.59. The van der Waals surface area contributed by atoms with Crippen molar-refractivity contribution in [3.05, 3.63) is 62.6 Å². The third-order valence-corrected chi connectivity index (χ3v) is 5.47. The third-order valence-electron chi connectivity index (χ3n) is 4.81. The summed E-state index contributed by atoms with van der Waals surface area (Å²) in [6, 6.07) is 9.15. The second-order valence-electron chi connectivity index (χ2n) is 9.47. The fraction of sp³-hybridized carbons (Fsp3) is 0.417. The van der Waals surface area contributed by atoms with Gasteiger partial charge in [-0.1, -0.05) is 82.9 Å². The molecule has 0 radical (unpaired) electrons. The number of aromatic hydroxyl groups is 1. The highest BCUT2D eigenvalue weighted by Gasteiger charge is 2.26. The van der Waals surface area contributed by atoms with Crippen molar-refractivity contribution in [2.75, 3.05) is 0 Å². The number of aryl methyl sites for hydroxylation is 1. The quantitative estimate of drug-likeness (QED) is 0.411. The highest BCUT2D eigenvalue weighted by atomic mass is 35.5. The standard InChI is InChI=1S/C24H30Cl2N2O2/c1-23(2,3)17-12-15(13-18(22(17)30)24(4,5)6)10-11-21(29)28-27-14-16-19(25)8-7-9-20(16)26/h7-9,12-14,30H,10-11H2,1-6H3,(H,28,29). The molecule has 0 fully saturated rings. The van der Waals surface area contributed by atoms with Crippen LogP contribution in [0.2, 0.25) is 10.0 Å². The smallest absolute Gasteiger partial charge is 0.240 e. The van der Waals surface area contributed by atoms with Crippen molar-refractivity contribution in [3.63, 3.8) is 0 Å². The van der Waals surface area contributed by atoms with Gasteiger partial charge in [-0.25, -0.2) is 5.43 Å². The zero-order valence-electron chi connectivity index (χ0n) is 18.4. The minimum absolute atomic E-state index is 0.207. The number of benzene rings is 2. The molecule has 0 bridgehead atoms. The van der Waals surface area contributed by atoms with E-state index >= 15 is 0 Å². The molecule has 0 heterocycles. The normalized spacial score (nSPS) is 12.4. The Morgan fingerprint density at radius 1 is 1.03 bits per heavy atom. The van der Waals surface area contributed by atoms with Crippen LogP contribution >= 0.6 is 23.2 Å². The molecule has 0 atom stereocenters. The van der Waals surface area contributed by atoms with Gasteiger partial charge in [-0.3, -0.25) is 4.79 Å². The van der Waals surface area contributed by atoms with Crippen LogP contribution < -0.4 is 5.43 Å². The predicted molar refractivity (Wildman–Crippen MR) is 126 cm³/mol. The second kappa shape index (κ2) is 9.40. The van der Waals surface area contributed by atoms with Crippen LogP contribution in [0.5, 0.6) is 5.75 Å². The number of halogens is 2. The Hall–Kier alpha value is -2.04. The predicted octanol–water partition coefficient (Wildman–Crippen LogP) is 6.38. The van der Waals surface area contributed by atoms with Crippen LogP contribution in [0.3, 0.4) is 0 Å². The third kappa shape index (κ3) is 6.23. The number of hydrazone groups is 1. The Morgan fingerprint density at radius 3 is 2.00 bits per heavy atom. The van der Waals surface area contributed by atoms with Gasteiger partial charge in [0.15, 0.2) is 0 Å². The summed E-state index contributed by atoms with van der Waals surface area (Å²) in [4.78, 5) is 12.3. The first kappa shape index (κ1) is 24.2. The van der Waals surface area contributed by atoms with E-state index in [4.69, 9.17) is 23.2 Å². The maximum absolute atomic E-state index is 12.3. The van der Waals surface area contributed by atoms with Crippen molar-refractivity contribution in [2.24, 2.45) is 5.10 Å². The van der Waals surface area contributed by atoms with Crippen molar-refractivity contribution in [1.82, 2.24) is 5.43 Å². The number of phenolic OH excluding ortho intramolecular Hbond substituents is 1. The van der Waals surface area contributed by atoms with Gasteiger partial charge in [-0.05, 0) is 46.1 Å². The molecule has 4 nitrogen and oxygen atoms in total. The van der Waals surface area contributed by atoms with E-state index in [-0.39, 0.29) is 23.2 Å². The number of phenols is 1. The summed E-state index contributed by atoms with van der Waals surface area (Å²) in [6.45, 7) is 12.4. The molecule has 6 heteroatoms. The highest BCUT2D eigenvalue weighted by molar-refractivity contribution is 6.38. The lowest BCUT2D eigenvalue weighted by atomic mass is 9.78. The molecule has 0 spiro atoms. The Morgan fingerprint density at radius 2 is 1.53 bits per heavy atom. The fourth-order valence-corrected chi connectivity index (χ4v) is 3.59. The first-order valence-electron chi connectivity index (χ1n) is 9.93. The van der Waals surface area contributed by atoms with Gasteiger partial charge >= 0.3 is 0 Å². The van der Waals surface area contributed by atoms with Gasteiger partial charge in [0.1, 0.15) is 5.75 Å². The number of hydrogen-bond donors (Lipinski definition) is 2. The van der Waals surface area contributed by atoms with Gasteiger partial charge in [-0.15, -0.1) is 0 Å². The van der Waals surface area contributed by atoms with Crippen LogP contribution in [0.25, 0.3) is 0 Å². The highest BCUT2D eigenvalue weighted by Crippen LogP contribution is 2.40. The van der Waals surface area contributed by atoms with E-state index in [0.29, 0.717) is 27.8 Å².